The third kappa shape index (κ3) is 5.76. The van der Waals surface area contributed by atoms with Gasteiger partial charge in [0.1, 0.15) is 17.6 Å². The van der Waals surface area contributed by atoms with E-state index < -0.39 is 22.5 Å². The van der Waals surface area contributed by atoms with Gasteiger partial charge in [-0.25, -0.2) is 4.39 Å². The lowest BCUT2D eigenvalue weighted by molar-refractivity contribution is 0.0846. The second-order valence-electron chi connectivity index (χ2n) is 7.73. The molecular formula is C22H26FNO5. The summed E-state index contributed by atoms with van der Waals surface area (Å²) >= 11 is 0. The zero-order valence-corrected chi connectivity index (χ0v) is 17.1. The molecule has 1 amide bonds. The molecule has 0 atom stereocenters. The monoisotopic (exact) mass is 403 g/mol. The molecule has 1 heterocycles. The molecule has 0 spiro atoms. The van der Waals surface area contributed by atoms with E-state index >= 15 is 0 Å². The maximum absolute atomic E-state index is 13.0. The average molecular weight is 403 g/mol. The van der Waals surface area contributed by atoms with Gasteiger partial charge in [-0.2, -0.15) is 0 Å². The molecule has 1 aromatic heterocycles. The number of unbranched alkanes of at least 4 members (excludes halogenated alkanes) is 1. The zero-order chi connectivity index (χ0) is 21.6. The van der Waals surface area contributed by atoms with E-state index in [2.05, 4.69) is 5.32 Å². The van der Waals surface area contributed by atoms with Crippen LogP contribution >= 0.6 is 0 Å². The molecule has 0 aliphatic rings. The van der Waals surface area contributed by atoms with Crippen LogP contribution in [0.5, 0.6) is 5.75 Å². The number of ketones is 1. The van der Waals surface area contributed by atoms with Crippen LogP contribution in [-0.2, 0) is 6.54 Å². The fourth-order valence-corrected chi connectivity index (χ4v) is 2.48. The van der Waals surface area contributed by atoms with Gasteiger partial charge in [0.2, 0.25) is 16.9 Å². The van der Waals surface area contributed by atoms with E-state index in [0.717, 1.165) is 12.7 Å². The van der Waals surface area contributed by atoms with Crippen molar-refractivity contribution in [3.63, 3.8) is 0 Å². The number of halogens is 1. The van der Waals surface area contributed by atoms with Gasteiger partial charge in [-0.15, -0.1) is 0 Å². The van der Waals surface area contributed by atoms with E-state index in [1.165, 1.54) is 24.3 Å². The average Bonchev–Trinajstić information content (AvgIpc) is 2.67. The summed E-state index contributed by atoms with van der Waals surface area (Å²) in [5.74, 6) is -2.00. The van der Waals surface area contributed by atoms with Crippen LogP contribution < -0.4 is 15.5 Å². The number of carbonyl (C=O) groups excluding carboxylic acids is 2. The van der Waals surface area contributed by atoms with Gasteiger partial charge < -0.3 is 14.5 Å². The Kier molecular flexibility index (Phi) is 7.31. The highest BCUT2D eigenvalue weighted by Crippen LogP contribution is 2.22. The molecule has 0 fully saturated rings. The minimum Gasteiger partial charge on any atom is -0.486 e. The summed E-state index contributed by atoms with van der Waals surface area (Å²) in [6.07, 6.45) is 2.51. The van der Waals surface area contributed by atoms with Gasteiger partial charge in [-0.3, -0.25) is 14.4 Å². The second kappa shape index (κ2) is 9.49. The number of hydrogen-bond donors (Lipinski definition) is 1. The maximum atomic E-state index is 13.0. The van der Waals surface area contributed by atoms with Crippen LogP contribution in [0.2, 0.25) is 0 Å². The van der Waals surface area contributed by atoms with Crippen molar-refractivity contribution < 1.29 is 23.1 Å². The first-order valence-electron chi connectivity index (χ1n) is 9.51. The van der Waals surface area contributed by atoms with E-state index in [1.807, 2.05) is 6.92 Å². The number of rotatable bonds is 8. The molecular weight excluding hydrogens is 377 g/mol. The van der Waals surface area contributed by atoms with Crippen molar-refractivity contribution in [2.45, 2.75) is 47.1 Å². The first-order valence-corrected chi connectivity index (χ1v) is 9.51. The summed E-state index contributed by atoms with van der Waals surface area (Å²) in [6, 6.07) is 5.65. The number of amides is 1. The molecule has 29 heavy (non-hydrogen) atoms. The molecule has 2 aromatic rings. The molecule has 1 aromatic carbocycles. The lowest BCUT2D eigenvalue weighted by Crippen LogP contribution is -2.30. The second-order valence-corrected chi connectivity index (χ2v) is 7.73. The number of benzene rings is 1. The molecule has 0 unspecified atom stereocenters. The molecule has 7 heteroatoms. The lowest BCUT2D eigenvalue weighted by atomic mass is 9.87. The molecule has 0 saturated heterocycles. The lowest BCUT2D eigenvalue weighted by Gasteiger charge is -2.17. The quantitative estimate of drug-likeness (QED) is 0.529. The fraction of sp³-hybridized carbons (Fsp3) is 0.409. The summed E-state index contributed by atoms with van der Waals surface area (Å²) in [7, 11) is 0. The molecule has 0 aliphatic heterocycles. The highest BCUT2D eigenvalue weighted by atomic mass is 19.1. The normalized spacial score (nSPS) is 11.2. The van der Waals surface area contributed by atoms with Crippen molar-refractivity contribution in [1.82, 2.24) is 5.32 Å². The van der Waals surface area contributed by atoms with Crippen molar-refractivity contribution in [3.8, 4) is 5.75 Å². The molecule has 0 saturated carbocycles. The van der Waals surface area contributed by atoms with Crippen molar-refractivity contribution in [1.29, 1.82) is 0 Å². The van der Waals surface area contributed by atoms with E-state index in [1.54, 1.807) is 20.8 Å². The van der Waals surface area contributed by atoms with Gasteiger partial charge in [0.05, 0.1) is 6.61 Å². The number of nitrogens with one attached hydrogen (secondary N) is 1. The van der Waals surface area contributed by atoms with Gasteiger partial charge in [-0.1, -0.05) is 46.2 Å². The summed E-state index contributed by atoms with van der Waals surface area (Å²) in [5, 5.41) is 2.61. The van der Waals surface area contributed by atoms with Gasteiger partial charge in [0.25, 0.3) is 5.91 Å². The molecule has 2 rings (SSSR count). The Morgan fingerprint density at radius 1 is 1.17 bits per heavy atom. The molecule has 0 bridgehead atoms. The minimum atomic E-state index is -0.790. The molecule has 1 N–H and O–H groups in total. The predicted octanol–water partition coefficient (Wildman–Crippen LogP) is 4.12. The van der Waals surface area contributed by atoms with Crippen LogP contribution in [0.15, 0.2) is 39.7 Å². The van der Waals surface area contributed by atoms with Crippen LogP contribution in [0.3, 0.4) is 0 Å². The Hall–Kier alpha value is -2.96. The van der Waals surface area contributed by atoms with Gasteiger partial charge in [0.15, 0.2) is 5.78 Å². The number of carbonyl (C=O) groups is 2. The summed E-state index contributed by atoms with van der Waals surface area (Å²) in [5.41, 5.74) is -0.935. The topological polar surface area (TPSA) is 85.6 Å². The highest BCUT2D eigenvalue weighted by Gasteiger charge is 2.30. The number of Topliss-reactive ketones (excluding diaryl/α,β-unsaturated/α-hetero) is 1. The van der Waals surface area contributed by atoms with E-state index in [9.17, 15) is 18.8 Å². The van der Waals surface area contributed by atoms with Crippen LogP contribution in [0.25, 0.3) is 0 Å². The van der Waals surface area contributed by atoms with Gasteiger partial charge in [0, 0.05) is 12.0 Å². The highest BCUT2D eigenvalue weighted by molar-refractivity contribution is 6.01. The van der Waals surface area contributed by atoms with Crippen LogP contribution in [0, 0.1) is 11.2 Å². The zero-order valence-electron chi connectivity index (χ0n) is 17.1. The van der Waals surface area contributed by atoms with Crippen molar-refractivity contribution >= 4 is 11.7 Å². The first kappa shape index (κ1) is 22.3. The Morgan fingerprint density at radius 2 is 1.83 bits per heavy atom. The Bertz CT molecular complexity index is 926. The molecule has 0 radical (unpaired) electrons. The molecule has 0 aliphatic carbocycles. The number of ether oxygens (including phenoxy) is 1. The standard InChI is InChI=1S/C22H26FNO5/c1-5-6-11-28-18-17(25)16(20(26)22(2,3)4)13-29-19(18)21(27)24-12-14-7-9-15(23)10-8-14/h7-10,13H,5-6,11-12H2,1-4H3,(H,24,27). The summed E-state index contributed by atoms with van der Waals surface area (Å²) in [6.45, 7) is 7.36. The Labute approximate surface area is 169 Å². The summed E-state index contributed by atoms with van der Waals surface area (Å²) in [4.78, 5) is 38.0. The number of hydrogen-bond acceptors (Lipinski definition) is 5. The minimum absolute atomic E-state index is 0.111. The van der Waals surface area contributed by atoms with E-state index in [-0.39, 0.29) is 36.0 Å². The third-order valence-electron chi connectivity index (χ3n) is 4.19. The van der Waals surface area contributed by atoms with Crippen molar-refractivity contribution in [3.05, 3.63) is 63.5 Å². The molecule has 6 nitrogen and oxygen atoms in total. The van der Waals surface area contributed by atoms with Crippen molar-refractivity contribution in [2.24, 2.45) is 5.41 Å². The van der Waals surface area contributed by atoms with Gasteiger partial charge >= 0.3 is 0 Å². The van der Waals surface area contributed by atoms with Crippen LogP contribution in [0.1, 0.15) is 67.0 Å². The first-order chi connectivity index (χ1) is 13.6. The fourth-order valence-electron chi connectivity index (χ4n) is 2.48. The van der Waals surface area contributed by atoms with Crippen molar-refractivity contribution in [2.75, 3.05) is 6.61 Å². The smallest absolute Gasteiger partial charge is 0.291 e. The van der Waals surface area contributed by atoms with E-state index in [0.29, 0.717) is 12.0 Å². The Morgan fingerprint density at radius 3 is 2.41 bits per heavy atom. The SMILES string of the molecule is CCCCOc1c(C(=O)NCc2ccc(F)cc2)occ(C(=O)C(C)(C)C)c1=O. The predicted molar refractivity (Wildman–Crippen MR) is 107 cm³/mol. The van der Waals surface area contributed by atoms with Gasteiger partial charge in [-0.05, 0) is 24.1 Å². The molecule has 156 valence electrons. The Balaban J connectivity index is 2.32. The maximum Gasteiger partial charge on any atom is 0.291 e. The van der Waals surface area contributed by atoms with Crippen LogP contribution in [-0.4, -0.2) is 18.3 Å². The van der Waals surface area contributed by atoms with Crippen LogP contribution in [0.4, 0.5) is 4.39 Å². The third-order valence-corrected chi connectivity index (χ3v) is 4.19. The summed E-state index contributed by atoms with van der Waals surface area (Å²) < 4.78 is 23.9. The van der Waals surface area contributed by atoms with E-state index in [4.69, 9.17) is 9.15 Å². The largest absolute Gasteiger partial charge is 0.486 e.